The average molecular weight is 342 g/mol. The first-order valence-corrected chi connectivity index (χ1v) is 9.47. The maximum Gasteiger partial charge on any atom is 0.222 e. The van der Waals surface area contributed by atoms with E-state index < -0.39 is 0 Å². The van der Waals surface area contributed by atoms with Crippen molar-refractivity contribution in [3.63, 3.8) is 0 Å². The zero-order valence-electron chi connectivity index (χ0n) is 15.5. The van der Waals surface area contributed by atoms with Crippen molar-refractivity contribution >= 4 is 11.9 Å². The number of guanidine groups is 1. The lowest BCUT2D eigenvalue weighted by molar-refractivity contribution is -0.128. The Morgan fingerprint density at radius 2 is 2.12 bits per heavy atom. The van der Waals surface area contributed by atoms with Crippen LogP contribution in [0.2, 0.25) is 0 Å². The lowest BCUT2D eigenvalue weighted by Gasteiger charge is -2.33. The van der Waals surface area contributed by atoms with Crippen molar-refractivity contribution < 1.29 is 4.79 Å². The second-order valence-corrected chi connectivity index (χ2v) is 7.33. The maximum absolute atomic E-state index is 11.8. The number of carbonyl (C=O) groups excluding carboxylic acids is 1. The summed E-state index contributed by atoms with van der Waals surface area (Å²) < 4.78 is 0. The SMILES string of the molecule is CN=C(NCc1cccc(CN2CCCC2=O)c1)N1CCCC(C)C1. The topological polar surface area (TPSA) is 47.9 Å². The van der Waals surface area contributed by atoms with Gasteiger partial charge in [0, 0.05) is 46.2 Å². The molecular weight excluding hydrogens is 312 g/mol. The zero-order chi connectivity index (χ0) is 17.6. The molecular formula is C20H30N4O. The van der Waals surface area contributed by atoms with E-state index in [1.165, 1.54) is 24.0 Å². The number of nitrogens with one attached hydrogen (secondary N) is 1. The number of piperidine rings is 1. The van der Waals surface area contributed by atoms with E-state index in [1.807, 2.05) is 11.9 Å². The number of nitrogens with zero attached hydrogens (tertiary/aromatic N) is 3. The van der Waals surface area contributed by atoms with Crippen LogP contribution in [0.15, 0.2) is 29.3 Å². The molecule has 0 radical (unpaired) electrons. The molecule has 2 saturated heterocycles. The third-order valence-electron chi connectivity index (χ3n) is 5.16. The number of rotatable bonds is 4. The summed E-state index contributed by atoms with van der Waals surface area (Å²) in [5.74, 6) is 2.00. The lowest BCUT2D eigenvalue weighted by Crippen LogP contribution is -2.45. The molecule has 0 saturated carbocycles. The third-order valence-corrected chi connectivity index (χ3v) is 5.16. The molecule has 1 N–H and O–H groups in total. The largest absolute Gasteiger partial charge is 0.352 e. The van der Waals surface area contributed by atoms with E-state index in [-0.39, 0.29) is 5.91 Å². The maximum atomic E-state index is 11.8. The fourth-order valence-electron chi connectivity index (χ4n) is 3.82. The van der Waals surface area contributed by atoms with Gasteiger partial charge in [-0.15, -0.1) is 0 Å². The minimum Gasteiger partial charge on any atom is -0.352 e. The van der Waals surface area contributed by atoms with Crippen molar-refractivity contribution in [3.05, 3.63) is 35.4 Å². The Labute approximate surface area is 151 Å². The van der Waals surface area contributed by atoms with Crippen molar-refractivity contribution in [2.24, 2.45) is 10.9 Å². The molecule has 25 heavy (non-hydrogen) atoms. The lowest BCUT2D eigenvalue weighted by atomic mass is 10.0. The minimum absolute atomic E-state index is 0.281. The Bertz CT molecular complexity index is 628. The summed E-state index contributed by atoms with van der Waals surface area (Å²) in [6.07, 6.45) is 4.24. The molecule has 0 spiro atoms. The van der Waals surface area contributed by atoms with E-state index >= 15 is 0 Å². The summed E-state index contributed by atoms with van der Waals surface area (Å²) in [5.41, 5.74) is 2.44. The second-order valence-electron chi connectivity index (χ2n) is 7.33. The monoisotopic (exact) mass is 342 g/mol. The van der Waals surface area contributed by atoms with E-state index in [2.05, 4.69) is 46.4 Å². The predicted molar refractivity (Wildman–Crippen MR) is 101 cm³/mol. The summed E-state index contributed by atoms with van der Waals surface area (Å²) in [6, 6.07) is 8.52. The smallest absolute Gasteiger partial charge is 0.222 e. The molecule has 1 aromatic carbocycles. The quantitative estimate of drug-likeness (QED) is 0.676. The Hall–Kier alpha value is -2.04. The van der Waals surface area contributed by atoms with Crippen molar-refractivity contribution in [2.45, 2.75) is 45.7 Å². The van der Waals surface area contributed by atoms with E-state index in [4.69, 9.17) is 0 Å². The van der Waals surface area contributed by atoms with Gasteiger partial charge in [-0.2, -0.15) is 0 Å². The van der Waals surface area contributed by atoms with Gasteiger partial charge in [0.15, 0.2) is 5.96 Å². The molecule has 3 rings (SSSR count). The van der Waals surface area contributed by atoms with Crippen LogP contribution in [-0.4, -0.2) is 48.3 Å². The third kappa shape index (κ3) is 4.74. The highest BCUT2D eigenvalue weighted by molar-refractivity contribution is 5.80. The first-order valence-electron chi connectivity index (χ1n) is 9.47. The Morgan fingerprint density at radius 1 is 1.28 bits per heavy atom. The molecule has 5 nitrogen and oxygen atoms in total. The molecule has 0 aliphatic carbocycles. The van der Waals surface area contributed by atoms with Crippen LogP contribution in [0.25, 0.3) is 0 Å². The summed E-state index contributed by atoms with van der Waals surface area (Å²) >= 11 is 0. The predicted octanol–water partition coefficient (Wildman–Crippen LogP) is 2.62. The van der Waals surface area contributed by atoms with Gasteiger partial charge in [-0.05, 0) is 36.3 Å². The number of aliphatic imine (C=N–C) groups is 1. The second kappa shape index (κ2) is 8.37. The molecule has 0 aromatic heterocycles. The molecule has 2 aliphatic heterocycles. The molecule has 2 fully saturated rings. The van der Waals surface area contributed by atoms with Gasteiger partial charge in [-0.25, -0.2) is 0 Å². The molecule has 136 valence electrons. The van der Waals surface area contributed by atoms with Crippen LogP contribution in [0.5, 0.6) is 0 Å². The number of benzene rings is 1. The van der Waals surface area contributed by atoms with Crippen molar-refractivity contribution in [3.8, 4) is 0 Å². The number of hydrogen-bond acceptors (Lipinski definition) is 2. The molecule has 5 heteroatoms. The first-order chi connectivity index (χ1) is 12.2. The van der Waals surface area contributed by atoms with Crippen LogP contribution in [-0.2, 0) is 17.9 Å². The molecule has 1 aromatic rings. The molecule has 1 amide bonds. The number of likely N-dealkylation sites (tertiary alicyclic amines) is 2. The Kier molecular flexibility index (Phi) is 5.95. The van der Waals surface area contributed by atoms with Crippen LogP contribution < -0.4 is 5.32 Å². The Balaban J connectivity index is 1.57. The van der Waals surface area contributed by atoms with Gasteiger partial charge in [0.25, 0.3) is 0 Å². The fourth-order valence-corrected chi connectivity index (χ4v) is 3.82. The summed E-state index contributed by atoms with van der Waals surface area (Å²) in [4.78, 5) is 20.6. The first kappa shape index (κ1) is 17.8. The van der Waals surface area contributed by atoms with Gasteiger partial charge >= 0.3 is 0 Å². The summed E-state index contributed by atoms with van der Waals surface area (Å²) in [6.45, 7) is 6.85. The van der Waals surface area contributed by atoms with Crippen LogP contribution >= 0.6 is 0 Å². The number of hydrogen-bond donors (Lipinski definition) is 1. The Morgan fingerprint density at radius 3 is 2.84 bits per heavy atom. The summed E-state index contributed by atoms with van der Waals surface area (Å²) in [7, 11) is 1.86. The van der Waals surface area contributed by atoms with Gasteiger partial charge in [0.2, 0.25) is 5.91 Å². The molecule has 1 unspecified atom stereocenters. The molecule has 1 atom stereocenters. The molecule has 0 bridgehead atoms. The van der Waals surface area contributed by atoms with Gasteiger partial charge in [0.1, 0.15) is 0 Å². The van der Waals surface area contributed by atoms with Gasteiger partial charge in [-0.1, -0.05) is 31.2 Å². The highest BCUT2D eigenvalue weighted by Crippen LogP contribution is 2.17. The highest BCUT2D eigenvalue weighted by Gasteiger charge is 2.20. The standard InChI is InChI=1S/C20H30N4O/c1-16-6-4-11-24(14-16)20(21-2)22-13-17-7-3-8-18(12-17)15-23-10-5-9-19(23)25/h3,7-8,12,16H,4-6,9-11,13-15H2,1-2H3,(H,21,22). The van der Waals surface area contributed by atoms with Crippen molar-refractivity contribution in [2.75, 3.05) is 26.7 Å². The van der Waals surface area contributed by atoms with Crippen LogP contribution in [0.4, 0.5) is 0 Å². The minimum atomic E-state index is 0.281. The average Bonchev–Trinajstić information content (AvgIpc) is 3.01. The molecule has 2 heterocycles. The normalized spacial score (nSPS) is 21.8. The summed E-state index contributed by atoms with van der Waals surface area (Å²) in [5, 5.41) is 3.50. The molecule has 2 aliphatic rings. The van der Waals surface area contributed by atoms with Crippen LogP contribution in [0, 0.1) is 5.92 Å². The van der Waals surface area contributed by atoms with E-state index in [1.54, 1.807) is 0 Å². The van der Waals surface area contributed by atoms with Crippen molar-refractivity contribution in [1.29, 1.82) is 0 Å². The van der Waals surface area contributed by atoms with E-state index in [9.17, 15) is 4.79 Å². The van der Waals surface area contributed by atoms with Crippen LogP contribution in [0.1, 0.15) is 43.7 Å². The van der Waals surface area contributed by atoms with E-state index in [0.29, 0.717) is 6.42 Å². The zero-order valence-corrected chi connectivity index (χ0v) is 15.5. The highest BCUT2D eigenvalue weighted by atomic mass is 16.2. The van der Waals surface area contributed by atoms with Gasteiger partial charge < -0.3 is 15.1 Å². The fraction of sp³-hybridized carbons (Fsp3) is 0.600. The van der Waals surface area contributed by atoms with Crippen molar-refractivity contribution in [1.82, 2.24) is 15.1 Å². The van der Waals surface area contributed by atoms with Gasteiger partial charge in [0.05, 0.1) is 0 Å². The van der Waals surface area contributed by atoms with Crippen LogP contribution in [0.3, 0.4) is 0 Å². The van der Waals surface area contributed by atoms with Gasteiger partial charge in [-0.3, -0.25) is 9.79 Å². The van der Waals surface area contributed by atoms with E-state index in [0.717, 1.165) is 51.0 Å². The number of carbonyl (C=O) groups is 1. The number of amides is 1.